The van der Waals surface area contributed by atoms with E-state index >= 15 is 0 Å². The van der Waals surface area contributed by atoms with Gasteiger partial charge in [-0.15, -0.1) is 0 Å². The van der Waals surface area contributed by atoms with Gasteiger partial charge in [0.2, 0.25) is 0 Å². The van der Waals surface area contributed by atoms with Gasteiger partial charge in [0.15, 0.2) is 0 Å². The minimum atomic E-state index is -1.51. The third kappa shape index (κ3) is 2.82. The molecule has 1 saturated heterocycles. The van der Waals surface area contributed by atoms with Crippen LogP contribution in [0.25, 0.3) is 0 Å². The smallest absolute Gasteiger partial charge is 0.468 e. The fourth-order valence-corrected chi connectivity index (χ4v) is 1.71. The van der Waals surface area contributed by atoms with Crippen molar-refractivity contribution in [3.63, 3.8) is 0 Å². The molecule has 5 nitrogen and oxygen atoms in total. The molecule has 2 rings (SSSR count). The fraction of sp³-hybridized carbons (Fsp3) is 0.556. The molecule has 6 heteroatoms. The lowest BCUT2D eigenvalue weighted by atomic mass is 9.88. The van der Waals surface area contributed by atoms with Crippen LogP contribution in [-0.4, -0.2) is 48.2 Å². The minimum Gasteiger partial charge on any atom is -0.468 e. The van der Waals surface area contributed by atoms with E-state index in [-0.39, 0.29) is 5.66 Å². The predicted molar refractivity (Wildman–Crippen MR) is 56.7 cm³/mol. The molecule has 1 aromatic heterocycles. The molecule has 0 bridgehead atoms. The number of nitrogens with one attached hydrogen (secondary N) is 1. The number of nitrogens with zero attached hydrogens (tertiary/aromatic N) is 1. The third-order valence-corrected chi connectivity index (χ3v) is 2.53. The van der Waals surface area contributed by atoms with E-state index in [1.807, 2.05) is 0 Å². The van der Waals surface area contributed by atoms with Crippen molar-refractivity contribution in [1.29, 1.82) is 0 Å². The van der Waals surface area contributed by atoms with E-state index in [9.17, 15) is 0 Å². The minimum absolute atomic E-state index is 0.208. The summed E-state index contributed by atoms with van der Waals surface area (Å²) in [6.07, 6.45) is 0. The molecule has 2 heterocycles. The van der Waals surface area contributed by atoms with E-state index in [2.05, 4.69) is 10.2 Å². The Morgan fingerprint density at radius 2 is 2.07 bits per heavy atom. The van der Waals surface area contributed by atoms with Crippen LogP contribution in [0.5, 0.6) is 0 Å². The molecule has 1 aliphatic rings. The second kappa shape index (κ2) is 4.80. The first-order valence-corrected chi connectivity index (χ1v) is 5.13. The topological polar surface area (TPSA) is 68.9 Å². The molecule has 0 atom stereocenters. The quantitative estimate of drug-likeness (QED) is 0.522. The molecule has 0 radical (unpaired) electrons. The summed E-state index contributed by atoms with van der Waals surface area (Å²) in [6, 6.07) is 3.39. The molecule has 1 aromatic rings. The summed E-state index contributed by atoms with van der Waals surface area (Å²) >= 11 is 0. The van der Waals surface area contributed by atoms with Crippen molar-refractivity contribution in [1.82, 2.24) is 10.2 Å². The van der Waals surface area contributed by atoms with Crippen molar-refractivity contribution in [3.05, 3.63) is 17.9 Å². The first-order chi connectivity index (χ1) is 7.25. The molecule has 3 N–H and O–H groups in total. The first-order valence-electron chi connectivity index (χ1n) is 5.13. The molecule has 82 valence electrons. The monoisotopic (exact) mass is 210 g/mol. The Morgan fingerprint density at radius 3 is 2.67 bits per heavy atom. The van der Waals surface area contributed by atoms with Crippen molar-refractivity contribution in [2.75, 3.05) is 26.2 Å². The fourth-order valence-electron chi connectivity index (χ4n) is 1.71. The molecular weight excluding hydrogens is 195 g/mol. The highest BCUT2D eigenvalue weighted by Gasteiger charge is 2.17. The molecule has 0 unspecified atom stereocenters. The highest BCUT2D eigenvalue weighted by Crippen LogP contribution is 2.05. The van der Waals surface area contributed by atoms with Gasteiger partial charge in [-0.1, -0.05) is 0 Å². The van der Waals surface area contributed by atoms with Crippen molar-refractivity contribution >= 4 is 12.8 Å². The summed E-state index contributed by atoms with van der Waals surface area (Å²) in [5.74, 6) is 0.778. The lowest BCUT2D eigenvalue weighted by Gasteiger charge is -2.26. The molecule has 1 aliphatic heterocycles. The van der Waals surface area contributed by atoms with E-state index in [4.69, 9.17) is 14.5 Å². The van der Waals surface area contributed by atoms with Crippen LogP contribution in [0.1, 0.15) is 5.76 Å². The molecule has 0 aromatic carbocycles. The Hall–Kier alpha value is -0.815. The van der Waals surface area contributed by atoms with Crippen molar-refractivity contribution in [2.24, 2.45) is 0 Å². The maximum atomic E-state index is 8.88. The summed E-state index contributed by atoms with van der Waals surface area (Å²) < 4.78 is 5.29. The number of rotatable bonds is 3. The summed E-state index contributed by atoms with van der Waals surface area (Å²) in [7, 11) is -1.51. The van der Waals surface area contributed by atoms with Crippen LogP contribution in [-0.2, 0) is 6.54 Å². The number of furan rings is 1. The van der Waals surface area contributed by atoms with Crippen LogP contribution in [0.15, 0.2) is 16.5 Å². The Morgan fingerprint density at radius 1 is 1.33 bits per heavy atom. The van der Waals surface area contributed by atoms with Gasteiger partial charge in [-0.25, -0.2) is 0 Å². The Balaban J connectivity index is 1.91. The van der Waals surface area contributed by atoms with Crippen LogP contribution in [0, 0.1) is 0 Å². The zero-order valence-electron chi connectivity index (χ0n) is 8.52. The summed E-state index contributed by atoms with van der Waals surface area (Å²) in [4.78, 5) is 2.27. The van der Waals surface area contributed by atoms with Gasteiger partial charge >= 0.3 is 7.12 Å². The first kappa shape index (κ1) is 10.7. The second-order valence-corrected chi connectivity index (χ2v) is 3.70. The highest BCUT2D eigenvalue weighted by molar-refractivity contribution is 6.56. The van der Waals surface area contributed by atoms with E-state index in [1.165, 1.54) is 0 Å². The zero-order chi connectivity index (χ0) is 10.7. The van der Waals surface area contributed by atoms with Crippen molar-refractivity contribution < 1.29 is 14.5 Å². The van der Waals surface area contributed by atoms with Gasteiger partial charge in [-0.3, -0.25) is 4.90 Å². The normalized spacial score (nSPS) is 18.0. The number of hydrogen-bond donors (Lipinski definition) is 3. The van der Waals surface area contributed by atoms with Crippen LogP contribution < -0.4 is 11.0 Å². The van der Waals surface area contributed by atoms with Crippen LogP contribution in [0.2, 0.25) is 0 Å². The Bertz CT molecular complexity index is 310. The lowest BCUT2D eigenvalue weighted by Crippen LogP contribution is -2.42. The second-order valence-electron chi connectivity index (χ2n) is 3.70. The van der Waals surface area contributed by atoms with Gasteiger partial charge in [-0.2, -0.15) is 0 Å². The lowest BCUT2D eigenvalue weighted by molar-refractivity contribution is 0.217. The van der Waals surface area contributed by atoms with E-state index < -0.39 is 7.12 Å². The van der Waals surface area contributed by atoms with Crippen LogP contribution in [0.4, 0.5) is 0 Å². The molecule has 1 fully saturated rings. The highest BCUT2D eigenvalue weighted by atomic mass is 16.4. The van der Waals surface area contributed by atoms with Crippen molar-refractivity contribution in [3.8, 4) is 0 Å². The largest absolute Gasteiger partial charge is 0.526 e. The van der Waals surface area contributed by atoms with Gasteiger partial charge in [0.1, 0.15) is 11.4 Å². The summed E-state index contributed by atoms with van der Waals surface area (Å²) in [5.41, 5.74) is 0.208. The van der Waals surface area contributed by atoms with Gasteiger partial charge in [0.05, 0.1) is 6.54 Å². The SMILES string of the molecule is OB(O)c1ccc(CN2CCNCC2)o1. The number of piperazine rings is 1. The Kier molecular flexibility index (Phi) is 3.43. The van der Waals surface area contributed by atoms with Crippen molar-refractivity contribution in [2.45, 2.75) is 6.54 Å². The molecule has 0 aliphatic carbocycles. The zero-order valence-corrected chi connectivity index (χ0v) is 8.52. The summed E-state index contributed by atoms with van der Waals surface area (Å²) in [5, 5.41) is 21.0. The van der Waals surface area contributed by atoms with Crippen LogP contribution in [0.3, 0.4) is 0 Å². The van der Waals surface area contributed by atoms with Crippen LogP contribution >= 0.6 is 0 Å². The number of hydrogen-bond acceptors (Lipinski definition) is 5. The van der Waals surface area contributed by atoms with Gasteiger partial charge in [0, 0.05) is 26.2 Å². The Labute approximate surface area is 88.8 Å². The maximum absolute atomic E-state index is 8.88. The van der Waals surface area contributed by atoms with E-state index in [1.54, 1.807) is 12.1 Å². The van der Waals surface area contributed by atoms with E-state index in [0.717, 1.165) is 38.5 Å². The van der Waals surface area contributed by atoms with E-state index in [0.29, 0.717) is 0 Å². The average Bonchev–Trinajstić information content (AvgIpc) is 2.68. The maximum Gasteiger partial charge on any atom is 0.526 e. The molecule has 15 heavy (non-hydrogen) atoms. The molecule has 0 saturated carbocycles. The molecular formula is C9H15BN2O3. The molecule has 0 amide bonds. The summed E-state index contributed by atoms with van der Waals surface area (Å²) in [6.45, 7) is 4.72. The van der Waals surface area contributed by atoms with Gasteiger partial charge in [0.25, 0.3) is 0 Å². The average molecular weight is 210 g/mol. The standard InChI is InChI=1S/C9H15BN2O3/c13-10(14)9-2-1-8(15-9)7-12-5-3-11-4-6-12/h1-2,11,13-14H,3-7H2. The third-order valence-electron chi connectivity index (χ3n) is 2.53. The molecule has 0 spiro atoms. The predicted octanol–water partition coefficient (Wildman–Crippen LogP) is -1.64. The van der Waals surface area contributed by atoms with Gasteiger partial charge in [-0.05, 0) is 12.1 Å². The van der Waals surface area contributed by atoms with Gasteiger partial charge < -0.3 is 19.8 Å².